The van der Waals surface area contributed by atoms with Crippen LogP contribution in [0.3, 0.4) is 0 Å². The summed E-state index contributed by atoms with van der Waals surface area (Å²) < 4.78 is 38.5. The average Bonchev–Trinajstić information content (AvgIpc) is 3.32. The van der Waals surface area contributed by atoms with Gasteiger partial charge in [-0.15, -0.1) is 10.2 Å². The number of hydrogen-bond donors (Lipinski definition) is 1. The number of benzene rings is 2. The highest BCUT2D eigenvalue weighted by Gasteiger charge is 2.18. The van der Waals surface area contributed by atoms with Crippen molar-refractivity contribution in [3.63, 3.8) is 0 Å². The van der Waals surface area contributed by atoms with Gasteiger partial charge in [-0.1, -0.05) is 17.4 Å². The number of nitrogens with zero attached hydrogens (tertiary/aromatic N) is 3. The molecule has 0 radical (unpaired) electrons. The number of carbonyl (C=O) groups excluding carboxylic acids is 2. The summed E-state index contributed by atoms with van der Waals surface area (Å²) >= 11 is 0.662. The zero-order valence-corrected chi connectivity index (χ0v) is 20.3. The molecule has 1 heterocycles. The Morgan fingerprint density at radius 3 is 2.34 bits per heavy atom. The van der Waals surface area contributed by atoms with Gasteiger partial charge in [0.2, 0.25) is 19.3 Å². The normalized spacial score (nSPS) is 11.3. The van der Waals surface area contributed by atoms with Gasteiger partial charge >= 0.3 is 5.97 Å². The molecule has 0 fully saturated rings. The van der Waals surface area contributed by atoms with Gasteiger partial charge in [-0.05, 0) is 48.0 Å². The molecule has 3 rings (SSSR count). The Bertz CT molecular complexity index is 1440. The van der Waals surface area contributed by atoms with E-state index in [0.717, 1.165) is 6.26 Å². The maximum absolute atomic E-state index is 12.5. The number of methoxy groups -OCH3 is 2. The Labute approximate surface area is 204 Å². The van der Waals surface area contributed by atoms with Crippen LogP contribution < -0.4 is 19.5 Å². The van der Waals surface area contributed by atoms with Crippen LogP contribution in [0.15, 0.2) is 52.4 Å². The third-order valence-electron chi connectivity index (χ3n) is 4.34. The van der Waals surface area contributed by atoms with E-state index in [1.807, 2.05) is 0 Å². The summed E-state index contributed by atoms with van der Waals surface area (Å²) in [5, 5.41) is 18.8. The molecule has 180 valence electrons. The van der Waals surface area contributed by atoms with Crippen molar-refractivity contribution in [2.75, 3.05) is 25.8 Å². The van der Waals surface area contributed by atoms with Gasteiger partial charge < -0.3 is 14.2 Å². The van der Waals surface area contributed by atoms with Crippen LogP contribution in [0, 0.1) is 11.3 Å². The zero-order chi connectivity index (χ0) is 25.6. The molecule has 0 aliphatic rings. The van der Waals surface area contributed by atoms with Gasteiger partial charge in [0.1, 0.15) is 17.4 Å². The van der Waals surface area contributed by atoms with Gasteiger partial charge in [0, 0.05) is 6.26 Å². The van der Waals surface area contributed by atoms with E-state index in [1.54, 1.807) is 30.3 Å². The van der Waals surface area contributed by atoms with Gasteiger partial charge in [-0.25, -0.2) is 13.2 Å². The van der Waals surface area contributed by atoms with Gasteiger partial charge in [0.25, 0.3) is 5.91 Å². The molecule has 1 amide bonds. The summed E-state index contributed by atoms with van der Waals surface area (Å²) in [5.41, 5.74) is 0.425. The van der Waals surface area contributed by atoms with Crippen molar-refractivity contribution in [2.24, 2.45) is 0 Å². The van der Waals surface area contributed by atoms with Gasteiger partial charge in [-0.3, -0.25) is 10.1 Å². The monoisotopic (exact) mass is 514 g/mol. The number of rotatable bonds is 8. The first-order valence-electron chi connectivity index (χ1n) is 9.65. The van der Waals surface area contributed by atoms with E-state index in [-0.39, 0.29) is 26.5 Å². The van der Waals surface area contributed by atoms with E-state index >= 15 is 0 Å². The minimum absolute atomic E-state index is 0.0741. The molecule has 0 bridgehead atoms. The number of hydrogen-bond acceptors (Lipinski definition) is 11. The largest absolute Gasteiger partial charge is 0.497 e. The number of sulfone groups is 1. The van der Waals surface area contributed by atoms with Crippen molar-refractivity contribution in [3.8, 4) is 23.3 Å². The Hall–Kier alpha value is -4.28. The number of nitriles is 1. The molecule has 35 heavy (non-hydrogen) atoms. The summed E-state index contributed by atoms with van der Waals surface area (Å²) in [7, 11) is -0.685. The predicted octanol–water partition coefficient (Wildman–Crippen LogP) is 2.72. The van der Waals surface area contributed by atoms with Crippen LogP contribution in [0.25, 0.3) is 6.08 Å². The summed E-state index contributed by atoms with van der Waals surface area (Å²) in [5.74, 6) is -0.500. The topological polar surface area (TPSA) is 158 Å². The van der Waals surface area contributed by atoms with Crippen LogP contribution in [0.5, 0.6) is 17.2 Å². The Kier molecular flexibility index (Phi) is 7.80. The van der Waals surface area contributed by atoms with Crippen LogP contribution >= 0.6 is 11.3 Å². The van der Waals surface area contributed by atoms with Crippen molar-refractivity contribution < 1.29 is 32.2 Å². The number of nitrogens with one attached hydrogen (secondary N) is 1. The molecular weight excluding hydrogens is 496 g/mol. The molecule has 0 unspecified atom stereocenters. The molecule has 0 atom stereocenters. The van der Waals surface area contributed by atoms with E-state index in [2.05, 4.69) is 15.5 Å². The minimum atomic E-state index is -3.58. The number of anilines is 1. The fraction of sp³-hybridized carbons (Fsp3) is 0.136. The van der Waals surface area contributed by atoms with E-state index in [1.165, 1.54) is 38.5 Å². The molecule has 0 aliphatic heterocycles. The molecular formula is C22H18N4O7S2. The number of esters is 1. The lowest BCUT2D eigenvalue weighted by Crippen LogP contribution is -2.13. The van der Waals surface area contributed by atoms with Gasteiger partial charge in [0.05, 0.1) is 19.8 Å². The molecule has 11 nitrogen and oxygen atoms in total. The van der Waals surface area contributed by atoms with Gasteiger partial charge in [0.15, 0.2) is 11.5 Å². The quantitative estimate of drug-likeness (QED) is 0.156. The SMILES string of the molecule is COc1ccc(C(=O)Oc2ccc(/C=C(/C#N)C(=O)Nc3nnc(S(C)(=O)=O)s3)cc2OC)cc1. The number of amides is 1. The number of ether oxygens (including phenoxy) is 3. The Morgan fingerprint density at radius 2 is 1.77 bits per heavy atom. The predicted molar refractivity (Wildman–Crippen MR) is 126 cm³/mol. The van der Waals surface area contributed by atoms with E-state index in [4.69, 9.17) is 14.2 Å². The van der Waals surface area contributed by atoms with Crippen LogP contribution in [-0.4, -0.2) is 51.0 Å². The second-order valence-corrected chi connectivity index (χ2v) is 9.96. The summed E-state index contributed by atoms with van der Waals surface area (Å²) in [6.07, 6.45) is 2.25. The third kappa shape index (κ3) is 6.40. The number of carbonyl (C=O) groups is 2. The maximum Gasteiger partial charge on any atom is 0.343 e. The second kappa shape index (κ2) is 10.8. The molecule has 0 spiro atoms. The fourth-order valence-corrected chi connectivity index (χ4v) is 4.14. The molecule has 2 aromatic carbocycles. The highest BCUT2D eigenvalue weighted by molar-refractivity contribution is 7.92. The lowest BCUT2D eigenvalue weighted by molar-refractivity contribution is -0.112. The first kappa shape index (κ1) is 25.3. The highest BCUT2D eigenvalue weighted by Crippen LogP contribution is 2.30. The lowest BCUT2D eigenvalue weighted by Gasteiger charge is -2.10. The zero-order valence-electron chi connectivity index (χ0n) is 18.6. The fourth-order valence-electron chi connectivity index (χ4n) is 2.63. The minimum Gasteiger partial charge on any atom is -0.497 e. The summed E-state index contributed by atoms with van der Waals surface area (Å²) in [4.78, 5) is 24.9. The van der Waals surface area contributed by atoms with Crippen molar-refractivity contribution in [3.05, 3.63) is 59.2 Å². The van der Waals surface area contributed by atoms with E-state index in [0.29, 0.717) is 28.2 Å². The smallest absolute Gasteiger partial charge is 0.343 e. The molecule has 0 saturated heterocycles. The highest BCUT2D eigenvalue weighted by atomic mass is 32.2. The van der Waals surface area contributed by atoms with Crippen LogP contribution in [0.4, 0.5) is 5.13 Å². The van der Waals surface area contributed by atoms with E-state index < -0.39 is 21.7 Å². The lowest BCUT2D eigenvalue weighted by atomic mass is 10.1. The van der Waals surface area contributed by atoms with Crippen molar-refractivity contribution in [1.82, 2.24) is 10.2 Å². The van der Waals surface area contributed by atoms with Crippen LogP contribution in [0.1, 0.15) is 15.9 Å². The molecule has 3 aromatic rings. The third-order valence-corrected chi connectivity index (χ3v) is 6.84. The molecule has 0 saturated carbocycles. The molecule has 1 aromatic heterocycles. The average molecular weight is 515 g/mol. The molecule has 1 N–H and O–H groups in total. The molecule has 0 aliphatic carbocycles. The summed E-state index contributed by atoms with van der Waals surface area (Å²) in [6.45, 7) is 0. The Morgan fingerprint density at radius 1 is 1.06 bits per heavy atom. The molecule has 13 heteroatoms. The first-order chi connectivity index (χ1) is 16.6. The van der Waals surface area contributed by atoms with Crippen LogP contribution in [0.2, 0.25) is 0 Å². The Balaban J connectivity index is 1.77. The number of aromatic nitrogens is 2. The summed E-state index contributed by atoms with van der Waals surface area (Å²) in [6, 6.07) is 12.6. The van der Waals surface area contributed by atoms with Crippen molar-refractivity contribution >= 4 is 44.3 Å². The maximum atomic E-state index is 12.5. The second-order valence-electron chi connectivity index (χ2n) is 6.80. The standard InChI is InChI=1S/C22H18N4O7S2/c1-31-16-7-5-14(6-8-16)20(28)33-17-9-4-13(11-18(17)32-2)10-15(12-23)19(27)24-21-25-26-22(34-21)35(3,29)30/h4-11H,1-3H3,(H,24,25,27)/b15-10-. The van der Waals surface area contributed by atoms with Gasteiger partial charge in [-0.2, -0.15) is 5.26 Å². The van der Waals surface area contributed by atoms with Crippen molar-refractivity contribution in [2.45, 2.75) is 4.34 Å². The first-order valence-corrected chi connectivity index (χ1v) is 12.4. The van der Waals surface area contributed by atoms with E-state index in [9.17, 15) is 23.3 Å². The van der Waals surface area contributed by atoms with Crippen molar-refractivity contribution in [1.29, 1.82) is 5.26 Å². The van der Waals surface area contributed by atoms with Crippen LogP contribution in [-0.2, 0) is 14.6 Å².